The van der Waals surface area contributed by atoms with Gasteiger partial charge in [-0.2, -0.15) is 0 Å². The monoisotopic (exact) mass is 358 g/mol. The molecule has 0 saturated heterocycles. The molecule has 0 rings (SSSR count). The molecule has 0 aromatic rings. The molecular weight excluding hydrogens is 316 g/mol. The van der Waals surface area contributed by atoms with E-state index in [2.05, 4.69) is 6.92 Å². The number of unbranched alkanes of at least 4 members (excludes halogenated alkanes) is 12. The van der Waals surface area contributed by atoms with Crippen LogP contribution in [0.1, 0.15) is 110 Å². The molecule has 4 heteroatoms. The van der Waals surface area contributed by atoms with Gasteiger partial charge in [0.1, 0.15) is 0 Å². The summed E-state index contributed by atoms with van der Waals surface area (Å²) in [6, 6.07) is 0. The van der Waals surface area contributed by atoms with Gasteiger partial charge in [-0.05, 0) is 12.3 Å². The van der Waals surface area contributed by atoms with Crippen LogP contribution >= 0.6 is 0 Å². The Bertz CT molecular complexity index is 304. The number of hydrogen-bond donors (Lipinski definition) is 3. The van der Waals surface area contributed by atoms with Gasteiger partial charge in [-0.25, -0.2) is 0 Å². The summed E-state index contributed by atoms with van der Waals surface area (Å²) in [6.45, 7) is 3.98. The van der Waals surface area contributed by atoms with Crippen molar-refractivity contribution in [2.45, 2.75) is 116 Å². The fourth-order valence-electron chi connectivity index (χ4n) is 3.44. The first kappa shape index (κ1) is 24.4. The van der Waals surface area contributed by atoms with E-state index in [4.69, 9.17) is 5.11 Å². The molecule has 0 heterocycles. The number of carboxylic acid groups (broad SMARTS) is 1. The van der Waals surface area contributed by atoms with E-state index in [1.54, 1.807) is 6.92 Å². The normalized spacial score (nSPS) is 14.0. The summed E-state index contributed by atoms with van der Waals surface area (Å²) in [5, 5.41) is 27.5. The number of carbonyl (C=O) groups is 1. The average Bonchev–Trinajstić information content (AvgIpc) is 2.56. The highest BCUT2D eigenvalue weighted by Crippen LogP contribution is 2.25. The van der Waals surface area contributed by atoms with Crippen molar-refractivity contribution in [3.8, 4) is 0 Å². The van der Waals surface area contributed by atoms with Crippen LogP contribution < -0.4 is 0 Å². The Morgan fingerprint density at radius 3 is 1.52 bits per heavy atom. The maximum atomic E-state index is 10.9. The summed E-state index contributed by atoms with van der Waals surface area (Å²) in [6.07, 6.45) is 16.2. The van der Waals surface area contributed by atoms with Gasteiger partial charge in [0, 0.05) is 12.3 Å². The van der Waals surface area contributed by atoms with E-state index in [1.807, 2.05) is 0 Å². The maximum absolute atomic E-state index is 10.9. The van der Waals surface area contributed by atoms with Crippen molar-refractivity contribution < 1.29 is 20.1 Å². The zero-order chi connectivity index (χ0) is 18.9. The zero-order valence-electron chi connectivity index (χ0n) is 16.6. The van der Waals surface area contributed by atoms with Crippen molar-refractivity contribution in [3.05, 3.63) is 0 Å². The Morgan fingerprint density at radius 2 is 1.16 bits per heavy atom. The molecule has 25 heavy (non-hydrogen) atoms. The molecule has 0 aromatic heterocycles. The van der Waals surface area contributed by atoms with Crippen LogP contribution in [0.5, 0.6) is 0 Å². The quantitative estimate of drug-likeness (QED) is 0.223. The molecule has 4 nitrogen and oxygen atoms in total. The Balaban J connectivity index is 3.52. The van der Waals surface area contributed by atoms with E-state index in [0.29, 0.717) is 0 Å². The van der Waals surface area contributed by atoms with Gasteiger partial charge >= 0.3 is 5.97 Å². The van der Waals surface area contributed by atoms with Crippen LogP contribution in [0.4, 0.5) is 0 Å². The minimum Gasteiger partial charge on any atom is -0.481 e. The third kappa shape index (κ3) is 15.4. The fourth-order valence-corrected chi connectivity index (χ4v) is 3.44. The first-order valence-electron chi connectivity index (χ1n) is 10.6. The molecule has 2 unspecified atom stereocenters. The largest absolute Gasteiger partial charge is 0.481 e. The smallest absolute Gasteiger partial charge is 0.303 e. The number of aliphatic hydroxyl groups is 2. The van der Waals surface area contributed by atoms with E-state index in [-0.39, 0.29) is 18.3 Å². The molecule has 0 bridgehead atoms. The molecule has 0 aliphatic carbocycles. The van der Waals surface area contributed by atoms with Crippen molar-refractivity contribution in [3.63, 3.8) is 0 Å². The van der Waals surface area contributed by atoms with Gasteiger partial charge in [0.2, 0.25) is 0 Å². The Hall–Kier alpha value is -0.610. The Labute approximate surface area is 155 Å². The first-order chi connectivity index (χ1) is 12.0. The summed E-state index contributed by atoms with van der Waals surface area (Å²) < 4.78 is 0. The number of carboxylic acids is 1. The Kier molecular flexibility index (Phi) is 16.4. The second kappa shape index (κ2) is 16.8. The number of aliphatic hydroxyl groups excluding tert-OH is 1. The molecule has 0 amide bonds. The van der Waals surface area contributed by atoms with Crippen molar-refractivity contribution in [1.29, 1.82) is 0 Å². The van der Waals surface area contributed by atoms with Crippen LogP contribution in [0.3, 0.4) is 0 Å². The molecule has 150 valence electrons. The summed E-state index contributed by atoms with van der Waals surface area (Å²) in [4.78, 5) is 10.9. The predicted octanol–water partition coefficient (Wildman–Crippen LogP) is 5.51. The van der Waals surface area contributed by atoms with Crippen molar-refractivity contribution in [2.24, 2.45) is 11.8 Å². The number of aliphatic carboxylic acids is 1. The highest BCUT2D eigenvalue weighted by molar-refractivity contribution is 5.67. The van der Waals surface area contributed by atoms with Crippen LogP contribution in [-0.2, 0) is 4.79 Å². The minimum atomic E-state index is -1.42. The highest BCUT2D eigenvalue weighted by Gasteiger charge is 2.24. The van der Waals surface area contributed by atoms with Crippen molar-refractivity contribution in [1.82, 2.24) is 0 Å². The van der Waals surface area contributed by atoms with Crippen LogP contribution in [-0.4, -0.2) is 27.6 Å². The maximum Gasteiger partial charge on any atom is 0.303 e. The zero-order valence-corrected chi connectivity index (χ0v) is 16.6. The van der Waals surface area contributed by atoms with Crippen molar-refractivity contribution in [2.75, 3.05) is 0 Å². The van der Waals surface area contributed by atoms with Crippen LogP contribution in [0.25, 0.3) is 0 Å². The lowest BCUT2D eigenvalue weighted by Gasteiger charge is -2.23. The van der Waals surface area contributed by atoms with Gasteiger partial charge in [0.25, 0.3) is 0 Å². The lowest BCUT2D eigenvalue weighted by Crippen LogP contribution is -2.27. The van der Waals surface area contributed by atoms with E-state index in [9.17, 15) is 15.0 Å². The first-order valence-corrected chi connectivity index (χ1v) is 10.6. The minimum absolute atomic E-state index is 0.0248. The summed E-state index contributed by atoms with van der Waals surface area (Å²) in [5.41, 5.74) is 0. The van der Waals surface area contributed by atoms with E-state index in [0.717, 1.165) is 19.3 Å². The van der Waals surface area contributed by atoms with Crippen LogP contribution in [0.2, 0.25) is 0 Å². The highest BCUT2D eigenvalue weighted by atomic mass is 16.5. The van der Waals surface area contributed by atoms with Gasteiger partial charge in [0.05, 0.1) is 0 Å². The lowest BCUT2D eigenvalue weighted by molar-refractivity contribution is -0.141. The third-order valence-corrected chi connectivity index (χ3v) is 5.33. The average molecular weight is 359 g/mol. The summed E-state index contributed by atoms with van der Waals surface area (Å²) in [5.74, 6) is -1.38. The van der Waals surface area contributed by atoms with E-state index >= 15 is 0 Å². The molecule has 0 saturated carbocycles. The summed E-state index contributed by atoms with van der Waals surface area (Å²) >= 11 is 0. The molecule has 0 spiro atoms. The van der Waals surface area contributed by atoms with Gasteiger partial charge < -0.3 is 15.3 Å². The summed E-state index contributed by atoms with van der Waals surface area (Å²) in [7, 11) is 0. The lowest BCUT2D eigenvalue weighted by atomic mass is 9.85. The molecule has 3 N–H and O–H groups in total. The second-order valence-corrected chi connectivity index (χ2v) is 7.66. The topological polar surface area (TPSA) is 77.8 Å². The van der Waals surface area contributed by atoms with Gasteiger partial charge in [0.15, 0.2) is 6.29 Å². The third-order valence-electron chi connectivity index (χ3n) is 5.33. The fraction of sp³-hybridized carbons (Fsp3) is 0.952. The Morgan fingerprint density at radius 1 is 0.760 bits per heavy atom. The number of rotatable bonds is 18. The molecule has 2 atom stereocenters. The van der Waals surface area contributed by atoms with Crippen molar-refractivity contribution >= 4 is 5.97 Å². The standard InChI is InChI=1S/C21H42O4/c1-3-4-5-6-7-8-9-10-11-12-13-14-15-16-19(17-20(22)23)18(2)21(24)25/h18-19,21,24-25H,3-17H2,1-2H3,(H,22,23). The SMILES string of the molecule is CCCCCCCCCCCCCCCC(CC(=O)O)C(C)C(O)O. The number of hydrogen-bond acceptors (Lipinski definition) is 3. The molecule has 0 radical (unpaired) electrons. The van der Waals surface area contributed by atoms with Gasteiger partial charge in [-0.15, -0.1) is 0 Å². The molecule has 0 aliphatic heterocycles. The molecule has 0 aromatic carbocycles. The van der Waals surface area contributed by atoms with Crippen LogP contribution in [0, 0.1) is 11.8 Å². The molecule has 0 aliphatic rings. The van der Waals surface area contributed by atoms with Crippen LogP contribution in [0.15, 0.2) is 0 Å². The predicted molar refractivity (Wildman–Crippen MR) is 103 cm³/mol. The van der Waals surface area contributed by atoms with E-state index in [1.165, 1.54) is 70.6 Å². The van der Waals surface area contributed by atoms with Gasteiger partial charge in [-0.3, -0.25) is 4.79 Å². The van der Waals surface area contributed by atoms with Gasteiger partial charge in [-0.1, -0.05) is 97.3 Å². The van der Waals surface area contributed by atoms with E-state index < -0.39 is 12.3 Å². The molecular formula is C21H42O4. The molecule has 0 fully saturated rings. The second-order valence-electron chi connectivity index (χ2n) is 7.66.